The van der Waals surface area contributed by atoms with Gasteiger partial charge in [-0.1, -0.05) is 36.7 Å². The highest BCUT2D eigenvalue weighted by Gasteiger charge is 2.28. The van der Waals surface area contributed by atoms with Crippen LogP contribution >= 0.6 is 11.6 Å². The van der Waals surface area contributed by atoms with Crippen LogP contribution in [0.1, 0.15) is 42.9 Å². The van der Waals surface area contributed by atoms with Crippen LogP contribution in [0.5, 0.6) is 0 Å². The standard InChI is InChI=1S/C24H21ClN8O2/c1-14(2)24-28-22(31-35-24)21-19-10-32-20(12-34-11-16-5-3-4-8-26-16)29-30-23(32)17-9-15(25)6-7-18(17)33(19)13-27-21/h3-9,13-14H,10-12H2,1-2H3. The van der Waals surface area contributed by atoms with Gasteiger partial charge < -0.3 is 13.8 Å². The molecular formula is C24H21ClN8O2. The third-order valence-electron chi connectivity index (χ3n) is 5.82. The van der Waals surface area contributed by atoms with Gasteiger partial charge in [0.05, 0.1) is 30.2 Å². The minimum Gasteiger partial charge on any atom is -0.367 e. The average Bonchev–Trinajstić information content (AvgIpc) is 3.58. The normalized spacial score (nSPS) is 12.3. The maximum absolute atomic E-state index is 6.37. The molecule has 0 N–H and O–H groups in total. The highest BCUT2D eigenvalue weighted by molar-refractivity contribution is 6.31. The van der Waals surface area contributed by atoms with Crippen LogP contribution in [-0.2, 0) is 24.5 Å². The Morgan fingerprint density at radius 2 is 2.03 bits per heavy atom. The molecule has 35 heavy (non-hydrogen) atoms. The first-order chi connectivity index (χ1) is 17.1. The molecule has 0 saturated heterocycles. The summed E-state index contributed by atoms with van der Waals surface area (Å²) in [5.41, 5.74) is 4.11. The van der Waals surface area contributed by atoms with E-state index in [4.69, 9.17) is 20.9 Å². The van der Waals surface area contributed by atoms with E-state index in [2.05, 4.69) is 30.3 Å². The van der Waals surface area contributed by atoms with Crippen molar-refractivity contribution >= 4 is 11.6 Å². The fourth-order valence-electron chi connectivity index (χ4n) is 4.07. The van der Waals surface area contributed by atoms with Gasteiger partial charge in [0.25, 0.3) is 0 Å². The van der Waals surface area contributed by atoms with Crippen LogP contribution < -0.4 is 0 Å². The second-order valence-electron chi connectivity index (χ2n) is 8.52. The van der Waals surface area contributed by atoms with Crippen molar-refractivity contribution in [2.75, 3.05) is 0 Å². The monoisotopic (exact) mass is 488 g/mol. The Bertz CT molecular complexity index is 1510. The zero-order valence-electron chi connectivity index (χ0n) is 19.1. The summed E-state index contributed by atoms with van der Waals surface area (Å²) in [7, 11) is 0. The maximum Gasteiger partial charge on any atom is 0.229 e. The van der Waals surface area contributed by atoms with Gasteiger partial charge >= 0.3 is 0 Å². The van der Waals surface area contributed by atoms with Crippen LogP contribution in [0.3, 0.4) is 0 Å². The number of benzene rings is 1. The molecule has 176 valence electrons. The van der Waals surface area contributed by atoms with E-state index in [0.29, 0.717) is 47.2 Å². The summed E-state index contributed by atoms with van der Waals surface area (Å²) in [6.45, 7) is 5.09. The summed E-state index contributed by atoms with van der Waals surface area (Å²) in [5, 5.41) is 13.7. The lowest BCUT2D eigenvalue weighted by atomic mass is 10.1. The Balaban J connectivity index is 1.41. The van der Waals surface area contributed by atoms with Gasteiger partial charge in [-0.15, -0.1) is 10.2 Å². The number of pyridine rings is 1. The molecule has 0 aliphatic carbocycles. The van der Waals surface area contributed by atoms with Gasteiger partial charge in [0.2, 0.25) is 11.7 Å². The zero-order chi connectivity index (χ0) is 23.9. The third-order valence-corrected chi connectivity index (χ3v) is 6.05. The van der Waals surface area contributed by atoms with Crippen LogP contribution in [0.25, 0.3) is 28.6 Å². The highest BCUT2D eigenvalue weighted by Crippen LogP contribution is 2.36. The molecule has 0 fully saturated rings. The minimum absolute atomic E-state index is 0.118. The lowest BCUT2D eigenvalue weighted by molar-refractivity contribution is 0.0969. The molecule has 5 aromatic rings. The van der Waals surface area contributed by atoms with Crippen LogP contribution in [-0.4, -0.2) is 39.4 Å². The van der Waals surface area contributed by atoms with Crippen molar-refractivity contribution in [3.63, 3.8) is 0 Å². The molecule has 1 aliphatic rings. The van der Waals surface area contributed by atoms with Crippen molar-refractivity contribution in [3.8, 4) is 28.6 Å². The smallest absolute Gasteiger partial charge is 0.229 e. The predicted octanol–water partition coefficient (Wildman–Crippen LogP) is 4.43. The summed E-state index contributed by atoms with van der Waals surface area (Å²) >= 11 is 6.37. The number of aromatic nitrogens is 8. The Morgan fingerprint density at radius 1 is 1.11 bits per heavy atom. The molecule has 10 nitrogen and oxygen atoms in total. The number of rotatable bonds is 6. The molecule has 4 aromatic heterocycles. The van der Waals surface area contributed by atoms with Crippen LogP contribution in [0.2, 0.25) is 5.02 Å². The Kier molecular flexibility index (Phi) is 5.39. The van der Waals surface area contributed by atoms with Gasteiger partial charge in [0.15, 0.2) is 11.6 Å². The lowest BCUT2D eigenvalue weighted by Crippen LogP contribution is -2.10. The number of halogens is 1. The minimum atomic E-state index is 0.118. The van der Waals surface area contributed by atoms with Crippen LogP contribution in [0.15, 0.2) is 53.4 Å². The summed E-state index contributed by atoms with van der Waals surface area (Å²) in [6.07, 6.45) is 3.51. The van der Waals surface area contributed by atoms with Crippen molar-refractivity contribution in [2.45, 2.75) is 39.5 Å². The third kappa shape index (κ3) is 3.90. The number of hydrogen-bond acceptors (Lipinski definition) is 8. The fourth-order valence-corrected chi connectivity index (χ4v) is 4.24. The molecule has 0 amide bonds. The van der Waals surface area contributed by atoms with Gasteiger partial charge in [-0.05, 0) is 30.3 Å². The second kappa shape index (κ2) is 8.71. The molecule has 1 aliphatic heterocycles. The van der Waals surface area contributed by atoms with Crippen molar-refractivity contribution in [2.24, 2.45) is 0 Å². The average molecular weight is 489 g/mol. The molecular weight excluding hydrogens is 468 g/mol. The largest absolute Gasteiger partial charge is 0.367 e. The molecule has 0 atom stereocenters. The first-order valence-electron chi connectivity index (χ1n) is 11.2. The van der Waals surface area contributed by atoms with Crippen LogP contribution in [0.4, 0.5) is 0 Å². The quantitative estimate of drug-likeness (QED) is 0.338. The van der Waals surface area contributed by atoms with Gasteiger partial charge in [-0.2, -0.15) is 4.98 Å². The van der Waals surface area contributed by atoms with E-state index < -0.39 is 0 Å². The molecule has 1 aromatic carbocycles. The number of fused-ring (bicyclic) bond motifs is 5. The van der Waals surface area contributed by atoms with E-state index in [1.165, 1.54) is 0 Å². The van der Waals surface area contributed by atoms with E-state index in [1.807, 2.05) is 59.4 Å². The SMILES string of the molecule is CC(C)c1nc(-c2ncn3c2Cn2c(COCc4ccccn4)nnc2-c2cc(Cl)ccc2-3)no1. The van der Waals surface area contributed by atoms with E-state index in [-0.39, 0.29) is 12.5 Å². The molecule has 0 saturated carbocycles. The molecule has 0 bridgehead atoms. The van der Waals surface area contributed by atoms with E-state index in [1.54, 1.807) is 12.5 Å². The Morgan fingerprint density at radius 3 is 2.83 bits per heavy atom. The second-order valence-corrected chi connectivity index (χ2v) is 8.96. The summed E-state index contributed by atoms with van der Waals surface area (Å²) < 4.78 is 15.4. The topological polar surface area (TPSA) is 110 Å². The van der Waals surface area contributed by atoms with Crippen molar-refractivity contribution < 1.29 is 9.26 Å². The van der Waals surface area contributed by atoms with Gasteiger partial charge in [0, 0.05) is 22.7 Å². The van der Waals surface area contributed by atoms with Gasteiger partial charge in [0.1, 0.15) is 18.6 Å². The summed E-state index contributed by atoms with van der Waals surface area (Å²) in [5.74, 6) is 2.51. The first kappa shape index (κ1) is 21.6. The van der Waals surface area contributed by atoms with E-state index >= 15 is 0 Å². The van der Waals surface area contributed by atoms with Crippen molar-refractivity contribution in [1.29, 1.82) is 0 Å². The first-order valence-corrected chi connectivity index (χ1v) is 11.6. The number of nitrogens with zero attached hydrogens (tertiary/aromatic N) is 8. The van der Waals surface area contributed by atoms with Crippen molar-refractivity contribution in [3.05, 3.63) is 77.0 Å². The number of imidazole rings is 1. The van der Waals surface area contributed by atoms with Gasteiger partial charge in [-0.25, -0.2) is 4.98 Å². The number of ether oxygens (including phenoxy) is 1. The summed E-state index contributed by atoms with van der Waals surface area (Å²) in [4.78, 5) is 13.5. The van der Waals surface area contributed by atoms with E-state index in [0.717, 1.165) is 22.6 Å². The number of hydrogen-bond donors (Lipinski definition) is 0. The lowest BCUT2D eigenvalue weighted by Gasteiger charge is -2.09. The molecule has 0 radical (unpaired) electrons. The van der Waals surface area contributed by atoms with Crippen molar-refractivity contribution in [1.82, 2.24) is 39.4 Å². The van der Waals surface area contributed by atoms with Gasteiger partial charge in [-0.3, -0.25) is 9.55 Å². The predicted molar refractivity (Wildman–Crippen MR) is 127 cm³/mol. The highest BCUT2D eigenvalue weighted by atomic mass is 35.5. The zero-order valence-corrected chi connectivity index (χ0v) is 19.8. The molecule has 6 rings (SSSR count). The molecule has 11 heteroatoms. The van der Waals surface area contributed by atoms with Crippen LogP contribution in [0, 0.1) is 0 Å². The fraction of sp³-hybridized carbons (Fsp3) is 0.250. The Labute approximate surface area is 205 Å². The Hall–Kier alpha value is -3.89. The maximum atomic E-state index is 6.37. The molecule has 5 heterocycles. The molecule has 0 spiro atoms. The molecule has 0 unspecified atom stereocenters. The van der Waals surface area contributed by atoms with E-state index in [9.17, 15) is 0 Å². The summed E-state index contributed by atoms with van der Waals surface area (Å²) in [6, 6.07) is 11.4.